The SMILES string of the molecule is N#Cc1cc(Oc2ccnc(Cl)c2)c(C2CC2)nc1N1CCN(C(=O)CCO)[C@H](C2CC2)C1. The number of rotatable bonds is 7. The Kier molecular flexibility index (Phi) is 6.09. The molecule has 2 aromatic heterocycles. The molecule has 0 bridgehead atoms. The second kappa shape index (κ2) is 9.16. The molecule has 2 aromatic rings. The number of carbonyl (C=O) groups is 1. The first-order valence-electron chi connectivity index (χ1n) is 11.5. The van der Waals surface area contributed by atoms with Crippen LogP contribution < -0.4 is 9.64 Å². The van der Waals surface area contributed by atoms with Crippen LogP contribution in [0.25, 0.3) is 0 Å². The van der Waals surface area contributed by atoms with Gasteiger partial charge >= 0.3 is 0 Å². The normalized spacial score (nSPS) is 20.5. The summed E-state index contributed by atoms with van der Waals surface area (Å²) in [5.74, 6) is 2.59. The highest BCUT2D eigenvalue weighted by Gasteiger charge is 2.41. The topological polar surface area (TPSA) is 103 Å². The molecule has 1 atom stereocenters. The van der Waals surface area contributed by atoms with Crippen LogP contribution in [0.5, 0.6) is 11.5 Å². The Bertz CT molecular complexity index is 1100. The average Bonchev–Trinajstić information content (AvgIpc) is 3.71. The van der Waals surface area contributed by atoms with Gasteiger partial charge in [0.05, 0.1) is 23.9 Å². The summed E-state index contributed by atoms with van der Waals surface area (Å²) in [4.78, 5) is 25.6. The number of hydrogen-bond acceptors (Lipinski definition) is 7. The quantitative estimate of drug-likeness (QED) is 0.622. The van der Waals surface area contributed by atoms with E-state index in [1.807, 2.05) is 4.90 Å². The minimum absolute atomic E-state index is 0.000875. The van der Waals surface area contributed by atoms with E-state index in [2.05, 4.69) is 16.0 Å². The van der Waals surface area contributed by atoms with Crippen molar-refractivity contribution < 1.29 is 14.6 Å². The monoisotopic (exact) mass is 467 g/mol. The van der Waals surface area contributed by atoms with E-state index in [4.69, 9.17) is 21.3 Å². The van der Waals surface area contributed by atoms with Gasteiger partial charge in [-0.05, 0) is 37.7 Å². The maximum atomic E-state index is 12.5. The molecule has 3 aliphatic rings. The molecule has 0 unspecified atom stereocenters. The summed E-state index contributed by atoms with van der Waals surface area (Å²) >= 11 is 6.00. The number of aliphatic hydroxyl groups is 1. The molecule has 1 amide bonds. The van der Waals surface area contributed by atoms with Crippen molar-refractivity contribution in [3.05, 3.63) is 40.8 Å². The van der Waals surface area contributed by atoms with Gasteiger partial charge in [0.15, 0.2) is 5.75 Å². The molecule has 2 saturated carbocycles. The lowest BCUT2D eigenvalue weighted by molar-refractivity contribution is -0.135. The van der Waals surface area contributed by atoms with Crippen LogP contribution in [0.1, 0.15) is 49.3 Å². The summed E-state index contributed by atoms with van der Waals surface area (Å²) in [5, 5.41) is 19.5. The number of carbonyl (C=O) groups excluding carboxylic acids is 1. The van der Waals surface area contributed by atoms with E-state index in [-0.39, 0.29) is 25.0 Å². The van der Waals surface area contributed by atoms with Crippen LogP contribution in [0.2, 0.25) is 5.15 Å². The van der Waals surface area contributed by atoms with Gasteiger partial charge in [0.1, 0.15) is 22.8 Å². The fourth-order valence-electron chi connectivity index (χ4n) is 4.56. The van der Waals surface area contributed by atoms with Gasteiger partial charge in [0, 0.05) is 50.3 Å². The molecule has 1 aliphatic heterocycles. The minimum Gasteiger partial charge on any atom is -0.455 e. The Balaban J connectivity index is 1.44. The highest BCUT2D eigenvalue weighted by molar-refractivity contribution is 6.29. The van der Waals surface area contributed by atoms with Crippen LogP contribution in [0.4, 0.5) is 5.82 Å². The lowest BCUT2D eigenvalue weighted by Crippen LogP contribution is -2.56. The predicted molar refractivity (Wildman–Crippen MR) is 122 cm³/mol. The number of piperazine rings is 1. The average molecular weight is 468 g/mol. The van der Waals surface area contributed by atoms with Crippen molar-refractivity contribution >= 4 is 23.3 Å². The van der Waals surface area contributed by atoms with Gasteiger partial charge in [-0.2, -0.15) is 5.26 Å². The third-order valence-corrected chi connectivity index (χ3v) is 6.74. The summed E-state index contributed by atoms with van der Waals surface area (Å²) in [6.07, 6.45) is 6.03. The van der Waals surface area contributed by atoms with Crippen LogP contribution in [0.15, 0.2) is 24.4 Å². The summed E-state index contributed by atoms with van der Waals surface area (Å²) in [5.41, 5.74) is 1.32. The first kappa shape index (κ1) is 21.9. The number of amides is 1. The summed E-state index contributed by atoms with van der Waals surface area (Å²) < 4.78 is 6.09. The Labute approximate surface area is 197 Å². The Morgan fingerprint density at radius 2 is 2.09 bits per heavy atom. The number of hydrogen-bond donors (Lipinski definition) is 1. The second-order valence-electron chi connectivity index (χ2n) is 8.96. The Morgan fingerprint density at radius 3 is 2.76 bits per heavy atom. The number of pyridine rings is 2. The molecular weight excluding hydrogens is 442 g/mol. The van der Waals surface area contributed by atoms with Crippen molar-refractivity contribution in [2.45, 2.75) is 44.1 Å². The van der Waals surface area contributed by atoms with E-state index in [0.29, 0.717) is 59.5 Å². The zero-order valence-corrected chi connectivity index (χ0v) is 19.0. The zero-order chi connectivity index (χ0) is 22.9. The lowest BCUT2D eigenvalue weighted by Gasteiger charge is -2.42. The van der Waals surface area contributed by atoms with E-state index in [9.17, 15) is 15.2 Å². The number of ether oxygens (including phenoxy) is 1. The molecule has 0 aromatic carbocycles. The molecular formula is C24H26ClN5O3. The number of aliphatic hydroxyl groups excluding tert-OH is 1. The van der Waals surface area contributed by atoms with Gasteiger partial charge < -0.3 is 19.6 Å². The number of nitrogens with zero attached hydrogens (tertiary/aromatic N) is 5. The molecule has 1 saturated heterocycles. The maximum absolute atomic E-state index is 12.5. The molecule has 2 aliphatic carbocycles. The van der Waals surface area contributed by atoms with E-state index in [0.717, 1.165) is 31.4 Å². The number of anilines is 1. The molecule has 3 fully saturated rings. The van der Waals surface area contributed by atoms with Crippen LogP contribution >= 0.6 is 11.6 Å². The van der Waals surface area contributed by atoms with Crippen molar-refractivity contribution in [1.29, 1.82) is 5.26 Å². The van der Waals surface area contributed by atoms with E-state index >= 15 is 0 Å². The fourth-order valence-corrected chi connectivity index (χ4v) is 4.73. The smallest absolute Gasteiger partial charge is 0.225 e. The summed E-state index contributed by atoms with van der Waals surface area (Å²) in [6, 6.07) is 7.53. The molecule has 33 heavy (non-hydrogen) atoms. The maximum Gasteiger partial charge on any atom is 0.225 e. The number of halogens is 1. The van der Waals surface area contributed by atoms with Crippen molar-refractivity contribution in [3.63, 3.8) is 0 Å². The molecule has 1 N–H and O–H groups in total. The third kappa shape index (κ3) is 4.75. The molecule has 0 radical (unpaired) electrons. The van der Waals surface area contributed by atoms with E-state index in [1.54, 1.807) is 24.4 Å². The zero-order valence-electron chi connectivity index (χ0n) is 18.3. The van der Waals surface area contributed by atoms with Gasteiger partial charge in [-0.3, -0.25) is 4.79 Å². The predicted octanol–water partition coefficient (Wildman–Crippen LogP) is 3.48. The highest BCUT2D eigenvalue weighted by atomic mass is 35.5. The van der Waals surface area contributed by atoms with Gasteiger partial charge in [-0.15, -0.1) is 0 Å². The van der Waals surface area contributed by atoms with Crippen molar-refractivity contribution in [2.75, 3.05) is 31.1 Å². The van der Waals surface area contributed by atoms with E-state index in [1.165, 1.54) is 0 Å². The van der Waals surface area contributed by atoms with Crippen molar-refractivity contribution in [2.24, 2.45) is 5.92 Å². The number of aromatic nitrogens is 2. The summed E-state index contributed by atoms with van der Waals surface area (Å²) in [7, 11) is 0. The fraction of sp³-hybridized carbons (Fsp3) is 0.500. The largest absolute Gasteiger partial charge is 0.455 e. The van der Waals surface area contributed by atoms with Crippen molar-refractivity contribution in [1.82, 2.24) is 14.9 Å². The van der Waals surface area contributed by atoms with Gasteiger partial charge in [-0.1, -0.05) is 11.6 Å². The molecule has 5 rings (SSSR count). The lowest BCUT2D eigenvalue weighted by atomic mass is 10.0. The van der Waals surface area contributed by atoms with Gasteiger partial charge in [-0.25, -0.2) is 9.97 Å². The minimum atomic E-state index is -0.133. The summed E-state index contributed by atoms with van der Waals surface area (Å²) in [6.45, 7) is 1.69. The first-order valence-corrected chi connectivity index (χ1v) is 11.8. The van der Waals surface area contributed by atoms with Gasteiger partial charge in [0.25, 0.3) is 0 Å². The van der Waals surface area contributed by atoms with E-state index < -0.39 is 0 Å². The standard InChI is InChI=1S/C24H26ClN5O3/c25-21-12-18(5-7-27-21)33-20-11-17(13-26)24(28-23(20)16-3-4-16)29-8-9-30(22(32)6-10-31)19(14-29)15-1-2-15/h5,7,11-12,15-16,19,31H,1-4,6,8-10,14H2/t19-/m0/s1. The molecule has 172 valence electrons. The third-order valence-electron chi connectivity index (χ3n) is 6.54. The van der Waals surface area contributed by atoms with Crippen LogP contribution in [0.3, 0.4) is 0 Å². The van der Waals surface area contributed by atoms with Crippen LogP contribution in [0, 0.1) is 17.2 Å². The van der Waals surface area contributed by atoms with Gasteiger partial charge in [0.2, 0.25) is 5.91 Å². The molecule has 9 heteroatoms. The molecule has 0 spiro atoms. The van der Waals surface area contributed by atoms with Crippen molar-refractivity contribution in [3.8, 4) is 17.6 Å². The number of nitriles is 1. The Hall–Kier alpha value is -2.89. The van der Waals surface area contributed by atoms with Crippen LogP contribution in [-0.2, 0) is 4.79 Å². The molecule has 8 nitrogen and oxygen atoms in total. The molecule has 3 heterocycles. The van der Waals surface area contributed by atoms with Crippen LogP contribution in [-0.4, -0.2) is 58.2 Å². The highest BCUT2D eigenvalue weighted by Crippen LogP contribution is 2.46. The first-order chi connectivity index (χ1) is 16.1. The second-order valence-corrected chi connectivity index (χ2v) is 9.34. The Morgan fingerprint density at radius 1 is 1.27 bits per heavy atom.